The number of rotatable bonds is 4. The molecule has 0 aromatic heterocycles. The molecule has 0 N–H and O–H groups in total. The van der Waals surface area contributed by atoms with Crippen LogP contribution >= 0.6 is 0 Å². The fourth-order valence-corrected chi connectivity index (χ4v) is 3.92. The minimum absolute atomic E-state index is 0.371. The van der Waals surface area contributed by atoms with Crippen LogP contribution < -0.4 is 0 Å². The van der Waals surface area contributed by atoms with E-state index in [0.717, 1.165) is 22.4 Å². The van der Waals surface area contributed by atoms with Crippen LogP contribution in [0.3, 0.4) is 0 Å². The van der Waals surface area contributed by atoms with Crippen molar-refractivity contribution in [2.45, 2.75) is 30.9 Å². The van der Waals surface area contributed by atoms with Crippen LogP contribution in [0.4, 0.5) is 0 Å². The average Bonchev–Trinajstić information content (AvgIpc) is 2.97. The third-order valence-electron chi connectivity index (χ3n) is 4.28. The summed E-state index contributed by atoms with van der Waals surface area (Å²) in [7, 11) is -3.24. The van der Waals surface area contributed by atoms with Gasteiger partial charge in [0.05, 0.1) is 22.4 Å². The van der Waals surface area contributed by atoms with Crippen molar-refractivity contribution in [2.24, 2.45) is 4.99 Å². The Morgan fingerprint density at radius 1 is 0.917 bits per heavy atom. The Bertz CT molecular complexity index is 906. The van der Waals surface area contributed by atoms with Crippen molar-refractivity contribution in [3.8, 4) is 0 Å². The first-order chi connectivity index (χ1) is 11.4. The van der Waals surface area contributed by atoms with Gasteiger partial charge in [0.15, 0.2) is 9.84 Å². The quantitative estimate of drug-likeness (QED) is 0.840. The van der Waals surface area contributed by atoms with Crippen LogP contribution in [0.25, 0.3) is 5.57 Å². The molecule has 0 fully saturated rings. The van der Waals surface area contributed by atoms with Gasteiger partial charge in [-0.1, -0.05) is 42.5 Å². The lowest BCUT2D eigenvalue weighted by Crippen LogP contribution is -2.14. The molecule has 2 aromatic rings. The first-order valence-corrected chi connectivity index (χ1v) is 9.60. The van der Waals surface area contributed by atoms with Crippen molar-refractivity contribution >= 4 is 21.1 Å². The molecule has 0 saturated heterocycles. The predicted molar refractivity (Wildman–Crippen MR) is 99.2 cm³/mol. The highest BCUT2D eigenvalue weighted by molar-refractivity contribution is 7.92. The minimum Gasteiger partial charge on any atom is -0.280 e. The summed E-state index contributed by atoms with van der Waals surface area (Å²) in [4.78, 5) is 5.04. The number of allylic oxidation sites excluding steroid dienone is 1. The summed E-state index contributed by atoms with van der Waals surface area (Å²) in [5.41, 5.74) is 5.38. The van der Waals surface area contributed by atoms with Crippen LogP contribution in [0.1, 0.15) is 31.9 Å². The van der Waals surface area contributed by atoms with E-state index < -0.39 is 15.1 Å². The fraction of sp³-hybridized carbons (Fsp3) is 0.250. The zero-order valence-electron chi connectivity index (χ0n) is 14.2. The van der Waals surface area contributed by atoms with E-state index in [1.54, 1.807) is 26.0 Å². The third kappa shape index (κ3) is 2.94. The van der Waals surface area contributed by atoms with Crippen LogP contribution in [-0.2, 0) is 9.84 Å². The molecule has 2 aromatic carbocycles. The highest BCUT2D eigenvalue weighted by Crippen LogP contribution is 2.30. The molecule has 0 saturated carbocycles. The molecule has 0 amide bonds. The van der Waals surface area contributed by atoms with E-state index in [4.69, 9.17) is 0 Å². The van der Waals surface area contributed by atoms with Crippen molar-refractivity contribution in [3.05, 3.63) is 71.3 Å². The molecule has 0 spiro atoms. The van der Waals surface area contributed by atoms with Crippen molar-refractivity contribution in [1.29, 1.82) is 0 Å². The van der Waals surface area contributed by atoms with Crippen LogP contribution in [0.2, 0.25) is 0 Å². The first kappa shape index (κ1) is 16.7. The van der Waals surface area contributed by atoms with Gasteiger partial charge in [0.25, 0.3) is 0 Å². The lowest BCUT2D eigenvalue weighted by Gasteiger charge is -2.12. The van der Waals surface area contributed by atoms with Crippen molar-refractivity contribution in [3.63, 3.8) is 0 Å². The predicted octanol–water partition coefficient (Wildman–Crippen LogP) is 4.15. The summed E-state index contributed by atoms with van der Waals surface area (Å²) >= 11 is 0. The fourth-order valence-electron chi connectivity index (χ4n) is 2.86. The van der Waals surface area contributed by atoms with Crippen LogP contribution in [0, 0.1) is 0 Å². The number of hydrogen-bond acceptors (Lipinski definition) is 3. The summed E-state index contributed by atoms with van der Waals surface area (Å²) in [5, 5.41) is -0.419. The molecule has 1 aliphatic rings. The lowest BCUT2D eigenvalue weighted by molar-refractivity contribution is 0.587. The molecule has 3 rings (SSSR count). The van der Waals surface area contributed by atoms with Gasteiger partial charge < -0.3 is 0 Å². The summed E-state index contributed by atoms with van der Waals surface area (Å²) in [6.07, 6.45) is 0. The number of aliphatic imine (C=N–C) groups is 1. The monoisotopic (exact) mass is 339 g/mol. The molecule has 0 unspecified atom stereocenters. The minimum atomic E-state index is -3.24. The third-order valence-corrected chi connectivity index (χ3v) is 6.45. The van der Waals surface area contributed by atoms with Crippen LogP contribution in [0.5, 0.6) is 0 Å². The molecule has 124 valence electrons. The number of nitrogens with zero attached hydrogens (tertiary/aromatic N) is 1. The maximum atomic E-state index is 12.3. The Hall–Kier alpha value is -2.20. The second-order valence-corrected chi connectivity index (χ2v) is 8.81. The molecular formula is C20H21NO2S. The molecular weight excluding hydrogens is 318 g/mol. The Morgan fingerprint density at radius 3 is 2.12 bits per heavy atom. The SMILES string of the molecule is CC1=C(c2ccc(S(=O)(=O)C(C)C)cc2)C(c2ccccc2)=NC1. The first-order valence-electron chi connectivity index (χ1n) is 8.05. The Morgan fingerprint density at radius 2 is 1.54 bits per heavy atom. The molecule has 0 atom stereocenters. The normalized spacial score (nSPS) is 15.1. The van der Waals surface area contributed by atoms with E-state index in [1.165, 1.54) is 5.57 Å². The van der Waals surface area contributed by atoms with Crippen molar-refractivity contribution in [1.82, 2.24) is 0 Å². The van der Waals surface area contributed by atoms with E-state index in [0.29, 0.717) is 11.4 Å². The van der Waals surface area contributed by atoms with E-state index in [9.17, 15) is 8.42 Å². The van der Waals surface area contributed by atoms with E-state index >= 15 is 0 Å². The molecule has 0 bridgehead atoms. The maximum Gasteiger partial charge on any atom is 0.180 e. The smallest absolute Gasteiger partial charge is 0.180 e. The van der Waals surface area contributed by atoms with Gasteiger partial charge in [-0.3, -0.25) is 4.99 Å². The van der Waals surface area contributed by atoms with E-state index in [-0.39, 0.29) is 0 Å². The van der Waals surface area contributed by atoms with E-state index in [1.807, 2.05) is 30.3 Å². The van der Waals surface area contributed by atoms with E-state index in [2.05, 4.69) is 24.0 Å². The van der Waals surface area contributed by atoms with Gasteiger partial charge in [-0.2, -0.15) is 0 Å². The van der Waals surface area contributed by atoms with Gasteiger partial charge in [-0.15, -0.1) is 0 Å². The molecule has 1 aliphatic heterocycles. The number of hydrogen-bond donors (Lipinski definition) is 0. The van der Waals surface area contributed by atoms with Gasteiger partial charge in [0.2, 0.25) is 0 Å². The molecule has 1 heterocycles. The zero-order chi connectivity index (χ0) is 17.3. The van der Waals surface area contributed by atoms with Gasteiger partial charge >= 0.3 is 0 Å². The molecule has 0 aliphatic carbocycles. The lowest BCUT2D eigenvalue weighted by atomic mass is 9.94. The van der Waals surface area contributed by atoms with Crippen molar-refractivity contribution in [2.75, 3.05) is 6.54 Å². The van der Waals surface area contributed by atoms with Gasteiger partial charge in [-0.25, -0.2) is 8.42 Å². The topological polar surface area (TPSA) is 46.5 Å². The summed E-state index contributed by atoms with van der Waals surface area (Å²) in [6.45, 7) is 6.17. The van der Waals surface area contributed by atoms with Gasteiger partial charge in [0.1, 0.15) is 0 Å². The van der Waals surface area contributed by atoms with Crippen LogP contribution in [0.15, 0.2) is 70.1 Å². The molecule has 0 radical (unpaired) electrons. The highest BCUT2D eigenvalue weighted by atomic mass is 32.2. The Kier molecular flexibility index (Phi) is 4.41. The number of sulfone groups is 1. The maximum absolute atomic E-state index is 12.3. The second kappa shape index (κ2) is 6.36. The highest BCUT2D eigenvalue weighted by Gasteiger charge is 2.22. The Labute approximate surface area is 143 Å². The summed E-state index contributed by atoms with van der Waals surface area (Å²) in [6, 6.07) is 17.3. The average molecular weight is 339 g/mol. The molecule has 24 heavy (non-hydrogen) atoms. The summed E-state index contributed by atoms with van der Waals surface area (Å²) < 4.78 is 24.6. The van der Waals surface area contributed by atoms with Crippen LogP contribution in [-0.4, -0.2) is 25.9 Å². The van der Waals surface area contributed by atoms with Gasteiger partial charge in [-0.05, 0) is 44.0 Å². The zero-order valence-corrected chi connectivity index (χ0v) is 15.0. The largest absolute Gasteiger partial charge is 0.280 e. The van der Waals surface area contributed by atoms with Gasteiger partial charge in [0, 0.05) is 11.1 Å². The Balaban J connectivity index is 2.00. The second-order valence-electron chi connectivity index (χ2n) is 6.30. The standard InChI is InChI=1S/C20H21NO2S/c1-14(2)24(22,23)18-11-9-16(10-12-18)19-15(3)13-21-20(19)17-7-5-4-6-8-17/h4-12,14H,13H2,1-3H3. The van der Waals surface area contributed by atoms with Crippen molar-refractivity contribution < 1.29 is 8.42 Å². The molecule has 4 heteroatoms. The molecule has 3 nitrogen and oxygen atoms in total. The number of benzene rings is 2. The summed E-state index contributed by atoms with van der Waals surface area (Å²) in [5.74, 6) is 0.